The number of nitrogens with two attached hydrogens (primary N) is 1. The average Bonchev–Trinajstić information content (AvgIpc) is 3.35. The van der Waals surface area contributed by atoms with Gasteiger partial charge >= 0.3 is 0 Å². The first kappa shape index (κ1) is 19.9. The van der Waals surface area contributed by atoms with Crippen molar-refractivity contribution in [1.82, 2.24) is 0 Å². The van der Waals surface area contributed by atoms with Gasteiger partial charge in [0.2, 0.25) is 0 Å². The molecule has 0 saturated carbocycles. The molecule has 0 fully saturated rings. The Balaban J connectivity index is 1.69. The van der Waals surface area contributed by atoms with E-state index < -0.39 is 5.91 Å². The second-order valence-corrected chi connectivity index (χ2v) is 8.13. The number of hydrogen-bond donors (Lipinski definition) is 1. The number of thiophene rings is 1. The zero-order valence-electron chi connectivity index (χ0n) is 16.6. The summed E-state index contributed by atoms with van der Waals surface area (Å²) in [4.78, 5) is 14.0. The van der Waals surface area contributed by atoms with Crippen molar-refractivity contribution in [3.63, 3.8) is 0 Å². The van der Waals surface area contributed by atoms with Crippen LogP contribution >= 0.6 is 11.3 Å². The summed E-state index contributed by atoms with van der Waals surface area (Å²) >= 11 is 1.63. The highest BCUT2D eigenvalue weighted by Crippen LogP contribution is 2.35. The van der Waals surface area contributed by atoms with Crippen LogP contribution in [0.25, 0.3) is 21.6 Å². The number of rotatable bonds is 6. The van der Waals surface area contributed by atoms with E-state index in [0.717, 1.165) is 26.6 Å². The number of aryl methyl sites for hydroxylation is 1. The molecule has 2 aromatic heterocycles. The van der Waals surface area contributed by atoms with Crippen LogP contribution in [0.15, 0.2) is 65.3 Å². The standard InChI is InChI=1S/C24H20FNO3S/c1-14-10-16(6-8-21(14)28-2)22-9-7-18(30-22)12-19-20(13-29-23(19)24(26)27)15-4-3-5-17(25)11-15/h3-11,13H,12H2,1-2H3,(H2,26,27). The molecule has 4 rings (SSSR count). The molecule has 152 valence electrons. The van der Waals surface area contributed by atoms with Gasteiger partial charge in [-0.2, -0.15) is 0 Å². The van der Waals surface area contributed by atoms with Crippen LogP contribution in [-0.4, -0.2) is 13.0 Å². The number of methoxy groups -OCH3 is 1. The van der Waals surface area contributed by atoms with Gasteiger partial charge in [0, 0.05) is 27.3 Å². The zero-order chi connectivity index (χ0) is 21.3. The van der Waals surface area contributed by atoms with E-state index in [-0.39, 0.29) is 11.6 Å². The molecule has 4 nitrogen and oxygen atoms in total. The molecule has 2 N–H and O–H groups in total. The summed E-state index contributed by atoms with van der Waals surface area (Å²) in [5.41, 5.74) is 9.64. The molecule has 1 amide bonds. The van der Waals surface area contributed by atoms with Gasteiger partial charge in [0.25, 0.3) is 5.91 Å². The molecule has 0 unspecified atom stereocenters. The number of halogens is 1. The first-order chi connectivity index (χ1) is 14.5. The van der Waals surface area contributed by atoms with E-state index in [1.165, 1.54) is 18.4 Å². The summed E-state index contributed by atoms with van der Waals surface area (Å²) in [7, 11) is 1.66. The molecule has 0 atom stereocenters. The molecule has 2 heterocycles. The molecule has 0 saturated heterocycles. The largest absolute Gasteiger partial charge is 0.496 e. The van der Waals surface area contributed by atoms with Crippen LogP contribution in [0, 0.1) is 12.7 Å². The van der Waals surface area contributed by atoms with Crippen molar-refractivity contribution >= 4 is 17.2 Å². The van der Waals surface area contributed by atoms with Crippen LogP contribution in [0.5, 0.6) is 5.75 Å². The van der Waals surface area contributed by atoms with E-state index in [2.05, 4.69) is 6.07 Å². The number of furan rings is 1. The van der Waals surface area contributed by atoms with Crippen molar-refractivity contribution in [2.24, 2.45) is 5.73 Å². The van der Waals surface area contributed by atoms with E-state index >= 15 is 0 Å². The molecule has 0 spiro atoms. The lowest BCUT2D eigenvalue weighted by Crippen LogP contribution is -2.12. The molecule has 0 aliphatic heterocycles. The van der Waals surface area contributed by atoms with Crippen LogP contribution in [-0.2, 0) is 6.42 Å². The summed E-state index contributed by atoms with van der Waals surface area (Å²) < 4.78 is 24.5. The maximum Gasteiger partial charge on any atom is 0.284 e. The van der Waals surface area contributed by atoms with Crippen molar-refractivity contribution in [1.29, 1.82) is 0 Å². The highest BCUT2D eigenvalue weighted by atomic mass is 32.1. The minimum Gasteiger partial charge on any atom is -0.496 e. The fourth-order valence-corrected chi connectivity index (χ4v) is 4.51. The Bertz CT molecular complexity index is 1220. The van der Waals surface area contributed by atoms with Crippen molar-refractivity contribution in [3.05, 3.63) is 88.4 Å². The minimum atomic E-state index is -0.643. The minimum absolute atomic E-state index is 0.101. The molecule has 30 heavy (non-hydrogen) atoms. The summed E-state index contributed by atoms with van der Waals surface area (Å²) in [5, 5.41) is 0. The maximum atomic E-state index is 13.7. The average molecular weight is 421 g/mol. The summed E-state index contributed by atoms with van der Waals surface area (Å²) in [5.74, 6) is -0.0481. The predicted molar refractivity (Wildman–Crippen MR) is 116 cm³/mol. The Hall–Kier alpha value is -3.38. The first-order valence-corrected chi connectivity index (χ1v) is 10.2. The molecular formula is C24H20FNO3S. The quantitative estimate of drug-likeness (QED) is 0.427. The third-order valence-electron chi connectivity index (χ3n) is 4.95. The third kappa shape index (κ3) is 3.86. The summed E-state index contributed by atoms with van der Waals surface area (Å²) in [6, 6.07) is 16.3. The highest BCUT2D eigenvalue weighted by molar-refractivity contribution is 7.15. The van der Waals surface area contributed by atoms with Gasteiger partial charge in [0.15, 0.2) is 5.76 Å². The fourth-order valence-electron chi connectivity index (χ4n) is 3.50. The van der Waals surface area contributed by atoms with Crippen molar-refractivity contribution in [2.45, 2.75) is 13.3 Å². The number of benzene rings is 2. The first-order valence-electron chi connectivity index (χ1n) is 9.36. The second-order valence-electron chi connectivity index (χ2n) is 6.96. The number of primary amides is 1. The van der Waals surface area contributed by atoms with Crippen molar-refractivity contribution in [2.75, 3.05) is 7.11 Å². The van der Waals surface area contributed by atoms with E-state index in [4.69, 9.17) is 14.9 Å². The predicted octanol–water partition coefficient (Wildman–Crippen LogP) is 5.82. The van der Waals surface area contributed by atoms with Crippen molar-refractivity contribution in [3.8, 4) is 27.3 Å². The lowest BCUT2D eigenvalue weighted by Gasteiger charge is -2.06. The van der Waals surface area contributed by atoms with Crippen LogP contribution in [0.3, 0.4) is 0 Å². The van der Waals surface area contributed by atoms with E-state index in [9.17, 15) is 9.18 Å². The van der Waals surface area contributed by atoms with Gasteiger partial charge < -0.3 is 14.9 Å². The van der Waals surface area contributed by atoms with Crippen molar-refractivity contribution < 1.29 is 18.3 Å². The Morgan fingerprint density at radius 1 is 1.13 bits per heavy atom. The monoisotopic (exact) mass is 421 g/mol. The molecule has 0 aliphatic rings. The summed E-state index contributed by atoms with van der Waals surface area (Å²) in [6.45, 7) is 2.01. The van der Waals surface area contributed by atoms with Crippen LogP contribution in [0.2, 0.25) is 0 Å². The van der Waals surface area contributed by atoms with E-state index in [1.807, 2.05) is 31.2 Å². The highest BCUT2D eigenvalue weighted by Gasteiger charge is 2.20. The number of carbonyl (C=O) groups excluding carboxylic acids is 1. The lowest BCUT2D eigenvalue weighted by atomic mass is 9.99. The molecule has 4 aromatic rings. The van der Waals surface area contributed by atoms with Crippen LogP contribution in [0.1, 0.15) is 26.6 Å². The van der Waals surface area contributed by atoms with Gasteiger partial charge in [0.1, 0.15) is 11.6 Å². The van der Waals surface area contributed by atoms with Gasteiger partial charge in [-0.05, 0) is 66.1 Å². The van der Waals surface area contributed by atoms with Crippen LogP contribution < -0.4 is 10.5 Å². The van der Waals surface area contributed by atoms with Gasteiger partial charge in [-0.15, -0.1) is 11.3 Å². The van der Waals surface area contributed by atoms with E-state index in [1.54, 1.807) is 30.6 Å². The number of amides is 1. The Morgan fingerprint density at radius 2 is 1.97 bits per heavy atom. The molecule has 2 aromatic carbocycles. The molecule has 0 radical (unpaired) electrons. The van der Waals surface area contributed by atoms with Gasteiger partial charge in [-0.1, -0.05) is 12.1 Å². The molecule has 0 bridgehead atoms. The summed E-state index contributed by atoms with van der Waals surface area (Å²) in [6.07, 6.45) is 1.92. The normalized spacial score (nSPS) is 10.9. The fraction of sp³-hybridized carbons (Fsp3) is 0.125. The topological polar surface area (TPSA) is 65.5 Å². The molecule has 6 heteroatoms. The Morgan fingerprint density at radius 3 is 2.67 bits per heavy atom. The Labute approximate surface area is 177 Å². The smallest absolute Gasteiger partial charge is 0.284 e. The number of carbonyl (C=O) groups is 1. The van der Waals surface area contributed by atoms with Crippen LogP contribution in [0.4, 0.5) is 4.39 Å². The Kier molecular flexibility index (Phi) is 5.42. The molecule has 0 aliphatic carbocycles. The van der Waals surface area contributed by atoms with E-state index in [0.29, 0.717) is 23.1 Å². The van der Waals surface area contributed by atoms with Gasteiger partial charge in [0.05, 0.1) is 13.4 Å². The van der Waals surface area contributed by atoms with Gasteiger partial charge in [-0.25, -0.2) is 4.39 Å². The molecular weight excluding hydrogens is 401 g/mol. The number of hydrogen-bond acceptors (Lipinski definition) is 4. The zero-order valence-corrected chi connectivity index (χ0v) is 17.4. The number of ether oxygens (including phenoxy) is 1. The second kappa shape index (κ2) is 8.16. The maximum absolute atomic E-state index is 13.7. The third-order valence-corrected chi connectivity index (χ3v) is 6.08. The van der Waals surface area contributed by atoms with Gasteiger partial charge in [-0.3, -0.25) is 4.79 Å². The lowest BCUT2D eigenvalue weighted by molar-refractivity contribution is 0.0973. The SMILES string of the molecule is COc1ccc(-c2ccc(Cc3c(-c4cccc(F)c4)coc3C(N)=O)s2)cc1C.